The van der Waals surface area contributed by atoms with Gasteiger partial charge in [-0.25, -0.2) is 0 Å². The summed E-state index contributed by atoms with van der Waals surface area (Å²) in [5.41, 5.74) is 3.16. The average Bonchev–Trinajstić information content (AvgIpc) is 3.37. The van der Waals surface area contributed by atoms with E-state index in [1.54, 1.807) is 4.68 Å². The van der Waals surface area contributed by atoms with Crippen molar-refractivity contribution in [3.8, 4) is 5.69 Å². The van der Waals surface area contributed by atoms with Gasteiger partial charge < -0.3 is 9.67 Å². The fraction of sp³-hybridized carbons (Fsp3) is 0.136. The number of aliphatic hydroxyl groups excluding tert-OH is 1. The molecule has 0 bridgehead atoms. The molecule has 0 aliphatic rings. The summed E-state index contributed by atoms with van der Waals surface area (Å²) in [6, 6.07) is 26.4. The van der Waals surface area contributed by atoms with Crippen LogP contribution in [0.1, 0.15) is 0 Å². The zero-order valence-electron chi connectivity index (χ0n) is 15.6. The predicted molar refractivity (Wildman–Crippen MR) is 115 cm³/mol. The van der Waals surface area contributed by atoms with E-state index in [0.29, 0.717) is 17.5 Å². The average molecular weight is 401 g/mol. The Morgan fingerprint density at radius 2 is 1.45 bits per heavy atom. The molecule has 0 saturated heterocycles. The zero-order valence-corrected chi connectivity index (χ0v) is 16.4. The molecule has 0 unspecified atom stereocenters. The fourth-order valence-corrected chi connectivity index (χ4v) is 4.44. The Bertz CT molecular complexity index is 1210. The Kier molecular flexibility index (Phi) is 4.75. The third-order valence-electron chi connectivity index (χ3n) is 4.92. The molecular formula is C22H19N5OS. The van der Waals surface area contributed by atoms with E-state index in [1.165, 1.54) is 22.5 Å². The van der Waals surface area contributed by atoms with Crippen molar-refractivity contribution in [3.63, 3.8) is 0 Å². The van der Waals surface area contributed by atoms with E-state index in [1.807, 2.05) is 42.5 Å². The molecule has 144 valence electrons. The molecule has 1 atom stereocenters. The zero-order chi connectivity index (χ0) is 19.6. The highest BCUT2D eigenvalue weighted by molar-refractivity contribution is 7.99. The SMILES string of the molecule is O[C@@H](CSc1nnnn1-c1ccccc1)Cn1c2ccccc2c2ccccc21. The van der Waals surface area contributed by atoms with Gasteiger partial charge in [0.15, 0.2) is 0 Å². The number of hydrogen-bond donors (Lipinski definition) is 1. The topological polar surface area (TPSA) is 68.8 Å². The normalized spacial score (nSPS) is 12.6. The van der Waals surface area contributed by atoms with Crippen LogP contribution < -0.4 is 0 Å². The van der Waals surface area contributed by atoms with Gasteiger partial charge in [-0.05, 0) is 34.7 Å². The summed E-state index contributed by atoms with van der Waals surface area (Å²) in [5.74, 6) is 0.494. The molecule has 1 N–H and O–H groups in total. The molecule has 29 heavy (non-hydrogen) atoms. The lowest BCUT2D eigenvalue weighted by molar-refractivity contribution is 0.181. The van der Waals surface area contributed by atoms with E-state index in [9.17, 15) is 5.11 Å². The highest BCUT2D eigenvalue weighted by Gasteiger charge is 2.16. The fourth-order valence-electron chi connectivity index (χ4n) is 3.63. The molecule has 0 aliphatic heterocycles. The van der Waals surface area contributed by atoms with Crippen molar-refractivity contribution in [3.05, 3.63) is 78.9 Å². The maximum Gasteiger partial charge on any atom is 0.214 e. The molecule has 5 aromatic rings. The van der Waals surface area contributed by atoms with Crippen molar-refractivity contribution in [2.24, 2.45) is 0 Å². The number of fused-ring (bicyclic) bond motifs is 3. The number of para-hydroxylation sites is 3. The Morgan fingerprint density at radius 3 is 2.14 bits per heavy atom. The summed E-state index contributed by atoms with van der Waals surface area (Å²) in [6.45, 7) is 0.508. The van der Waals surface area contributed by atoms with Gasteiger partial charge in [0.05, 0.1) is 18.3 Å². The number of aliphatic hydroxyl groups is 1. The minimum Gasteiger partial charge on any atom is -0.390 e. The van der Waals surface area contributed by atoms with E-state index >= 15 is 0 Å². The first kappa shape index (κ1) is 17.9. The van der Waals surface area contributed by atoms with Gasteiger partial charge in [0, 0.05) is 27.6 Å². The number of nitrogens with zero attached hydrogens (tertiary/aromatic N) is 5. The third-order valence-corrected chi connectivity index (χ3v) is 5.98. The Balaban J connectivity index is 1.37. The number of aromatic nitrogens is 5. The van der Waals surface area contributed by atoms with E-state index in [2.05, 4.69) is 56.5 Å². The maximum atomic E-state index is 10.8. The molecule has 0 fully saturated rings. The summed E-state index contributed by atoms with van der Waals surface area (Å²) >= 11 is 1.45. The van der Waals surface area contributed by atoms with Gasteiger partial charge in [0.1, 0.15) is 0 Å². The van der Waals surface area contributed by atoms with Gasteiger partial charge in [-0.2, -0.15) is 4.68 Å². The standard InChI is InChI=1S/C22H19N5OS/c28-17(15-29-22-23-24-25-27(22)16-8-2-1-3-9-16)14-26-20-12-6-4-10-18(20)19-11-5-7-13-21(19)26/h1-13,17,28H,14-15H2/t17-/m1/s1. The van der Waals surface area contributed by atoms with Gasteiger partial charge in [0.25, 0.3) is 0 Å². The first-order valence-corrected chi connectivity index (χ1v) is 10.4. The Hall–Kier alpha value is -3.16. The van der Waals surface area contributed by atoms with Crippen LogP contribution in [0.3, 0.4) is 0 Å². The van der Waals surface area contributed by atoms with Gasteiger partial charge >= 0.3 is 0 Å². The molecule has 0 aliphatic carbocycles. The minimum absolute atomic E-state index is 0.494. The minimum atomic E-state index is -0.542. The van der Waals surface area contributed by atoms with Crippen LogP contribution in [0.5, 0.6) is 0 Å². The maximum absolute atomic E-state index is 10.8. The van der Waals surface area contributed by atoms with Gasteiger partial charge in [0.2, 0.25) is 5.16 Å². The summed E-state index contributed by atoms with van der Waals surface area (Å²) in [4.78, 5) is 0. The Labute approximate surface area is 171 Å². The summed E-state index contributed by atoms with van der Waals surface area (Å²) in [6.07, 6.45) is -0.542. The van der Waals surface area contributed by atoms with Gasteiger partial charge in [-0.15, -0.1) is 5.10 Å². The highest BCUT2D eigenvalue weighted by atomic mass is 32.2. The smallest absolute Gasteiger partial charge is 0.214 e. The largest absolute Gasteiger partial charge is 0.390 e. The van der Waals surface area contributed by atoms with Crippen molar-refractivity contribution >= 4 is 33.6 Å². The second kappa shape index (κ2) is 7.69. The summed E-state index contributed by atoms with van der Waals surface area (Å²) < 4.78 is 3.88. The molecule has 0 spiro atoms. The molecule has 0 saturated carbocycles. The number of thioether (sulfide) groups is 1. The van der Waals surface area contributed by atoms with Crippen LogP contribution in [0.15, 0.2) is 84.0 Å². The molecule has 3 aromatic carbocycles. The van der Waals surface area contributed by atoms with Crippen molar-refractivity contribution < 1.29 is 5.11 Å². The first-order chi connectivity index (χ1) is 14.3. The van der Waals surface area contributed by atoms with E-state index in [0.717, 1.165) is 16.7 Å². The number of rotatable bonds is 6. The molecule has 7 heteroatoms. The Morgan fingerprint density at radius 1 is 0.828 bits per heavy atom. The van der Waals surface area contributed by atoms with Crippen LogP contribution in [0.4, 0.5) is 0 Å². The lowest BCUT2D eigenvalue weighted by atomic mass is 10.2. The van der Waals surface area contributed by atoms with Crippen LogP contribution in [0.25, 0.3) is 27.5 Å². The highest BCUT2D eigenvalue weighted by Crippen LogP contribution is 2.29. The monoisotopic (exact) mass is 401 g/mol. The predicted octanol–water partition coefficient (Wildman–Crippen LogP) is 3.92. The van der Waals surface area contributed by atoms with Gasteiger partial charge in [-0.3, -0.25) is 0 Å². The second-order valence-electron chi connectivity index (χ2n) is 6.82. The van der Waals surface area contributed by atoms with Crippen molar-refractivity contribution in [2.45, 2.75) is 17.8 Å². The van der Waals surface area contributed by atoms with Crippen LogP contribution >= 0.6 is 11.8 Å². The quantitative estimate of drug-likeness (QED) is 0.437. The lowest BCUT2D eigenvalue weighted by Crippen LogP contribution is -2.18. The number of tetrazole rings is 1. The van der Waals surface area contributed by atoms with Gasteiger partial charge in [-0.1, -0.05) is 66.4 Å². The second-order valence-corrected chi connectivity index (χ2v) is 7.81. The van der Waals surface area contributed by atoms with E-state index < -0.39 is 6.10 Å². The van der Waals surface area contributed by atoms with Crippen molar-refractivity contribution in [2.75, 3.05) is 5.75 Å². The third kappa shape index (κ3) is 3.39. The first-order valence-electron chi connectivity index (χ1n) is 9.42. The molecule has 6 nitrogen and oxygen atoms in total. The lowest BCUT2D eigenvalue weighted by Gasteiger charge is -2.13. The van der Waals surface area contributed by atoms with Crippen LogP contribution in [-0.2, 0) is 6.54 Å². The molecule has 2 aromatic heterocycles. The van der Waals surface area contributed by atoms with E-state index in [4.69, 9.17) is 0 Å². The van der Waals surface area contributed by atoms with Crippen molar-refractivity contribution in [1.29, 1.82) is 0 Å². The number of benzene rings is 3. The molecule has 2 heterocycles. The molecule has 0 radical (unpaired) electrons. The van der Waals surface area contributed by atoms with Crippen LogP contribution in [0.2, 0.25) is 0 Å². The van der Waals surface area contributed by atoms with Crippen LogP contribution in [0, 0.1) is 0 Å². The number of hydrogen-bond acceptors (Lipinski definition) is 5. The van der Waals surface area contributed by atoms with Crippen LogP contribution in [-0.4, -0.2) is 41.7 Å². The molecule has 0 amide bonds. The summed E-state index contributed by atoms with van der Waals surface area (Å²) in [7, 11) is 0. The summed E-state index contributed by atoms with van der Waals surface area (Å²) in [5, 5.41) is 25.8. The molecular weight excluding hydrogens is 382 g/mol. The van der Waals surface area contributed by atoms with E-state index in [-0.39, 0.29) is 0 Å². The molecule has 5 rings (SSSR count). The van der Waals surface area contributed by atoms with Crippen molar-refractivity contribution in [1.82, 2.24) is 24.8 Å².